The van der Waals surface area contributed by atoms with E-state index in [2.05, 4.69) is 20.3 Å². The van der Waals surface area contributed by atoms with Crippen molar-refractivity contribution in [3.05, 3.63) is 71.8 Å². The molecule has 0 fully saturated rings. The van der Waals surface area contributed by atoms with Gasteiger partial charge in [0.2, 0.25) is 5.95 Å². The molecule has 3 N–H and O–H groups in total. The van der Waals surface area contributed by atoms with Gasteiger partial charge in [-0.05, 0) is 19.1 Å². The second-order valence-electron chi connectivity index (χ2n) is 6.18. The van der Waals surface area contributed by atoms with Gasteiger partial charge >= 0.3 is 0 Å². The molecule has 4 aromatic rings. The smallest absolute Gasteiger partial charge is 0.271 e. The van der Waals surface area contributed by atoms with E-state index in [1.54, 1.807) is 12.3 Å². The molecule has 0 aliphatic carbocycles. The molecular weight excluding hydrogens is 345 g/mol. The normalized spacial score (nSPS) is 12.2. The van der Waals surface area contributed by atoms with Crippen molar-refractivity contribution in [1.82, 2.24) is 20.3 Å². The zero-order valence-electron chi connectivity index (χ0n) is 14.5. The summed E-state index contributed by atoms with van der Waals surface area (Å²) in [5, 5.41) is 4.19. The van der Waals surface area contributed by atoms with Crippen LogP contribution < -0.4 is 11.1 Å². The molecule has 0 bridgehead atoms. The number of nitrogen functional groups attached to an aromatic ring is 1. The Hall–Kier alpha value is -3.61. The highest BCUT2D eigenvalue weighted by molar-refractivity contribution is 6.05. The number of amides is 1. The molecular formula is C20H16FN5O. The lowest BCUT2D eigenvalue weighted by Crippen LogP contribution is -2.28. The summed E-state index contributed by atoms with van der Waals surface area (Å²) in [6, 6.07) is 13.6. The third-order valence-electron chi connectivity index (χ3n) is 4.39. The van der Waals surface area contributed by atoms with Crippen LogP contribution in [0.2, 0.25) is 0 Å². The zero-order valence-corrected chi connectivity index (χ0v) is 14.5. The third kappa shape index (κ3) is 3.03. The minimum atomic E-state index is -0.554. The number of carbonyl (C=O) groups is 1. The highest BCUT2D eigenvalue weighted by Crippen LogP contribution is 2.24. The first-order chi connectivity index (χ1) is 13.0. The molecule has 4 rings (SSSR count). The number of fused-ring (bicyclic) bond motifs is 2. The number of hydrogen-bond acceptors (Lipinski definition) is 5. The Balaban J connectivity index is 1.72. The molecule has 2 aromatic carbocycles. The van der Waals surface area contributed by atoms with Crippen molar-refractivity contribution in [2.75, 3.05) is 5.73 Å². The molecule has 134 valence electrons. The van der Waals surface area contributed by atoms with E-state index in [1.165, 1.54) is 12.1 Å². The van der Waals surface area contributed by atoms with Crippen molar-refractivity contribution in [1.29, 1.82) is 0 Å². The first-order valence-corrected chi connectivity index (χ1v) is 8.41. The Morgan fingerprint density at radius 1 is 1.07 bits per heavy atom. The summed E-state index contributed by atoms with van der Waals surface area (Å²) in [4.78, 5) is 25.2. The van der Waals surface area contributed by atoms with Gasteiger partial charge in [0.05, 0.1) is 11.6 Å². The molecule has 0 saturated carbocycles. The van der Waals surface area contributed by atoms with Crippen molar-refractivity contribution < 1.29 is 9.18 Å². The fourth-order valence-corrected chi connectivity index (χ4v) is 3.13. The Kier molecular flexibility index (Phi) is 4.12. The Morgan fingerprint density at radius 3 is 2.70 bits per heavy atom. The molecule has 0 aliphatic rings. The van der Waals surface area contributed by atoms with E-state index in [0.29, 0.717) is 5.39 Å². The Labute approximate surface area is 154 Å². The minimum absolute atomic E-state index is 0.0228. The number of halogens is 1. The van der Waals surface area contributed by atoms with Gasteiger partial charge in [-0.25, -0.2) is 14.4 Å². The third-order valence-corrected chi connectivity index (χ3v) is 4.39. The van der Waals surface area contributed by atoms with Crippen molar-refractivity contribution in [2.24, 2.45) is 0 Å². The van der Waals surface area contributed by atoms with Gasteiger partial charge in [0, 0.05) is 22.5 Å². The van der Waals surface area contributed by atoms with Crippen molar-refractivity contribution >= 4 is 33.7 Å². The van der Waals surface area contributed by atoms with Crippen LogP contribution in [-0.2, 0) is 0 Å². The molecule has 0 unspecified atom stereocenters. The highest BCUT2D eigenvalue weighted by atomic mass is 19.1. The van der Waals surface area contributed by atoms with E-state index in [0.717, 1.165) is 16.5 Å². The number of para-hydroxylation sites is 2. The van der Waals surface area contributed by atoms with Crippen LogP contribution in [0.1, 0.15) is 29.0 Å². The Bertz CT molecular complexity index is 1170. The second kappa shape index (κ2) is 6.60. The number of benzene rings is 2. The SMILES string of the molecule is C[C@H](NC(=O)c1nc(N)nc2c(F)cccc12)c1cccc2cccnc12. The van der Waals surface area contributed by atoms with Crippen molar-refractivity contribution in [3.63, 3.8) is 0 Å². The molecule has 0 radical (unpaired) electrons. The average molecular weight is 361 g/mol. The van der Waals surface area contributed by atoms with Crippen LogP contribution in [0.15, 0.2) is 54.7 Å². The lowest BCUT2D eigenvalue weighted by atomic mass is 10.0. The van der Waals surface area contributed by atoms with Crippen LogP contribution in [0.25, 0.3) is 21.8 Å². The second-order valence-corrected chi connectivity index (χ2v) is 6.18. The fraction of sp³-hybridized carbons (Fsp3) is 0.100. The van der Waals surface area contributed by atoms with Gasteiger partial charge in [-0.3, -0.25) is 9.78 Å². The molecule has 6 nitrogen and oxygen atoms in total. The predicted octanol–water partition coefficient (Wildman–Crippen LogP) is 3.39. The van der Waals surface area contributed by atoms with Gasteiger partial charge in [0.25, 0.3) is 5.91 Å². The Morgan fingerprint density at radius 2 is 1.85 bits per heavy atom. The van der Waals surface area contributed by atoms with E-state index in [4.69, 9.17) is 5.73 Å². The fourth-order valence-electron chi connectivity index (χ4n) is 3.13. The molecule has 1 atom stereocenters. The maximum absolute atomic E-state index is 14.0. The quantitative estimate of drug-likeness (QED) is 0.583. The number of anilines is 1. The van der Waals surface area contributed by atoms with E-state index in [1.807, 2.05) is 37.3 Å². The van der Waals surface area contributed by atoms with Crippen LogP contribution in [-0.4, -0.2) is 20.9 Å². The molecule has 1 amide bonds. The number of hydrogen-bond donors (Lipinski definition) is 2. The summed E-state index contributed by atoms with van der Waals surface area (Å²) in [6.45, 7) is 1.86. The first kappa shape index (κ1) is 16.8. The first-order valence-electron chi connectivity index (χ1n) is 8.41. The van der Waals surface area contributed by atoms with Crippen molar-refractivity contribution in [3.8, 4) is 0 Å². The van der Waals surface area contributed by atoms with Crippen LogP contribution in [0.5, 0.6) is 0 Å². The van der Waals surface area contributed by atoms with E-state index < -0.39 is 11.7 Å². The number of carbonyl (C=O) groups excluding carboxylic acids is 1. The maximum atomic E-state index is 14.0. The van der Waals surface area contributed by atoms with Gasteiger partial charge in [0.1, 0.15) is 17.0 Å². The average Bonchev–Trinajstić information content (AvgIpc) is 2.67. The summed E-state index contributed by atoms with van der Waals surface area (Å²) < 4.78 is 14.0. The standard InChI is InChI=1S/C20H16FN5O/c1-11(13-7-2-5-12-6-4-10-23-16(12)13)24-19(27)18-14-8-3-9-15(21)17(14)25-20(22)26-18/h2-11H,1H3,(H,24,27)(H2,22,25,26)/t11-/m0/s1. The molecule has 27 heavy (non-hydrogen) atoms. The lowest BCUT2D eigenvalue weighted by Gasteiger charge is -2.16. The van der Waals surface area contributed by atoms with Gasteiger partial charge in [-0.1, -0.05) is 36.4 Å². The summed E-state index contributed by atoms with van der Waals surface area (Å²) in [5.41, 5.74) is 7.42. The topological polar surface area (TPSA) is 93.8 Å². The minimum Gasteiger partial charge on any atom is -0.368 e. The van der Waals surface area contributed by atoms with Crippen LogP contribution in [0.3, 0.4) is 0 Å². The number of aromatic nitrogens is 3. The van der Waals surface area contributed by atoms with Crippen molar-refractivity contribution in [2.45, 2.75) is 13.0 Å². The zero-order chi connectivity index (χ0) is 19.0. The maximum Gasteiger partial charge on any atom is 0.271 e. The molecule has 2 heterocycles. The highest BCUT2D eigenvalue weighted by Gasteiger charge is 2.19. The summed E-state index contributed by atoms with van der Waals surface area (Å²) in [5.74, 6) is -1.17. The van der Waals surface area contributed by atoms with Gasteiger partial charge in [-0.2, -0.15) is 0 Å². The number of nitrogens with zero attached hydrogens (tertiary/aromatic N) is 3. The van der Waals surface area contributed by atoms with Crippen LogP contribution >= 0.6 is 0 Å². The molecule has 0 saturated heterocycles. The number of pyridine rings is 1. The van der Waals surface area contributed by atoms with Crippen LogP contribution in [0.4, 0.5) is 10.3 Å². The lowest BCUT2D eigenvalue weighted by molar-refractivity contribution is 0.0937. The van der Waals surface area contributed by atoms with Gasteiger partial charge in [-0.15, -0.1) is 0 Å². The van der Waals surface area contributed by atoms with Crippen LogP contribution in [0, 0.1) is 5.82 Å². The molecule has 7 heteroatoms. The number of nitrogens with one attached hydrogen (secondary N) is 1. The van der Waals surface area contributed by atoms with E-state index >= 15 is 0 Å². The van der Waals surface area contributed by atoms with E-state index in [9.17, 15) is 9.18 Å². The molecule has 0 aliphatic heterocycles. The molecule has 0 spiro atoms. The predicted molar refractivity (Wildman–Crippen MR) is 102 cm³/mol. The number of nitrogens with two attached hydrogens (primary N) is 1. The van der Waals surface area contributed by atoms with Gasteiger partial charge < -0.3 is 11.1 Å². The number of rotatable bonds is 3. The van der Waals surface area contributed by atoms with E-state index in [-0.39, 0.29) is 23.2 Å². The molecule has 2 aromatic heterocycles. The van der Waals surface area contributed by atoms with Gasteiger partial charge in [0.15, 0.2) is 0 Å². The summed E-state index contributed by atoms with van der Waals surface area (Å²) in [6.07, 6.45) is 1.71. The summed E-state index contributed by atoms with van der Waals surface area (Å²) >= 11 is 0. The monoisotopic (exact) mass is 361 g/mol. The largest absolute Gasteiger partial charge is 0.368 e. The summed E-state index contributed by atoms with van der Waals surface area (Å²) in [7, 11) is 0.